The first-order chi connectivity index (χ1) is 17.2. The largest absolute Gasteiger partial charge is 1.00 e. The van der Waals surface area contributed by atoms with E-state index in [-0.39, 0.29) is 75.9 Å². The maximum Gasteiger partial charge on any atom is 1.00 e. The predicted molar refractivity (Wildman–Crippen MR) is 134 cm³/mol. The van der Waals surface area contributed by atoms with E-state index in [1.54, 1.807) is 0 Å². The molecule has 0 aromatic rings. The first kappa shape index (κ1) is 33.2. The van der Waals surface area contributed by atoms with Crippen LogP contribution in [0.4, 0.5) is 0 Å². The Labute approximate surface area is 250 Å². The first-order valence-corrected chi connectivity index (χ1v) is 15.5. The van der Waals surface area contributed by atoms with Crippen LogP contribution in [0.3, 0.4) is 0 Å². The van der Waals surface area contributed by atoms with Crippen molar-refractivity contribution in [1.29, 1.82) is 0 Å². The van der Waals surface area contributed by atoms with E-state index in [9.17, 15) is 34.0 Å². The minimum absolute atomic E-state index is 0. The van der Waals surface area contributed by atoms with Gasteiger partial charge in [-0.1, -0.05) is 33.6 Å². The van der Waals surface area contributed by atoms with Gasteiger partial charge in [0.2, 0.25) is 0 Å². The van der Waals surface area contributed by atoms with Crippen molar-refractivity contribution in [3.8, 4) is 0 Å². The van der Waals surface area contributed by atoms with Crippen LogP contribution in [0.15, 0.2) is 0 Å². The molecule has 4 saturated carbocycles. The van der Waals surface area contributed by atoms with E-state index in [2.05, 4.69) is 25.0 Å². The van der Waals surface area contributed by atoms with Gasteiger partial charge in [0.25, 0.3) is 0 Å². The predicted octanol–water partition coefficient (Wildman–Crippen LogP) is -1.48. The van der Waals surface area contributed by atoms with Crippen molar-refractivity contribution in [3.63, 3.8) is 0 Å². The fourth-order valence-electron chi connectivity index (χ4n) is 9.44. The second-order valence-corrected chi connectivity index (χ2v) is 14.4. The van der Waals surface area contributed by atoms with E-state index in [1.807, 2.05) is 0 Å². The Kier molecular flexibility index (Phi) is 10.9. The smallest absolute Gasteiger partial charge is 0.852 e. The van der Waals surface area contributed by atoms with Crippen molar-refractivity contribution >= 4 is 10.4 Å². The normalized spacial score (nSPS) is 45.2. The fraction of sp³-hybridized carbons (Fsp3) is 1.00. The topological polar surface area (TPSA) is 168 Å². The quantitative estimate of drug-likeness (QED) is 0.164. The Bertz CT molecular complexity index is 905. The van der Waals surface area contributed by atoms with Crippen LogP contribution in [0, 0.1) is 52.3 Å². The van der Waals surface area contributed by atoms with Gasteiger partial charge in [0.05, 0.1) is 31.5 Å². The van der Waals surface area contributed by atoms with E-state index in [0.717, 1.165) is 19.3 Å². The van der Waals surface area contributed by atoms with Gasteiger partial charge in [-0.15, -0.1) is 6.10 Å². The molecule has 11 heteroatoms. The van der Waals surface area contributed by atoms with Crippen LogP contribution in [0.5, 0.6) is 0 Å². The molecule has 0 bridgehead atoms. The zero-order chi connectivity index (χ0) is 27.3. The van der Waals surface area contributed by atoms with Crippen LogP contribution in [0.25, 0.3) is 0 Å². The maximum atomic E-state index is 12.3. The second kappa shape index (κ2) is 12.5. The van der Waals surface area contributed by atoms with Gasteiger partial charge in [0.15, 0.2) is 0 Å². The van der Waals surface area contributed by atoms with Crippen molar-refractivity contribution < 1.29 is 72.2 Å². The minimum atomic E-state index is -4.65. The molecule has 0 aromatic heterocycles. The molecule has 0 radical (unpaired) electrons. The third-order valence-electron chi connectivity index (χ3n) is 11.6. The summed E-state index contributed by atoms with van der Waals surface area (Å²) >= 11 is 0. The van der Waals surface area contributed by atoms with Crippen LogP contribution in [-0.2, 0) is 14.6 Å². The van der Waals surface area contributed by atoms with Gasteiger partial charge in [0, 0.05) is 5.92 Å². The SMILES string of the molecule is C[C@H](CC[C@@H](O)[C@@H](CO)COS(=O)(=O)O)[C@H]1CCC2C3C(C[C@H](O)[C@@]21C)[C@@]1(C)CC[C@@H]([O-])C[C@H]1C[C@H]3O.[Na+]. The van der Waals surface area contributed by atoms with Crippen LogP contribution >= 0.6 is 0 Å². The molecule has 4 rings (SSSR count). The Morgan fingerprint density at radius 3 is 2.37 bits per heavy atom. The molecule has 9 nitrogen and oxygen atoms in total. The van der Waals surface area contributed by atoms with Crippen LogP contribution < -0.4 is 34.7 Å². The molecule has 5 N–H and O–H groups in total. The molecule has 0 heterocycles. The van der Waals surface area contributed by atoms with E-state index in [4.69, 9.17) is 4.55 Å². The van der Waals surface area contributed by atoms with Gasteiger partial charge in [-0.05, 0) is 91.3 Å². The molecule has 0 saturated heterocycles. The number of rotatable bonds is 9. The van der Waals surface area contributed by atoms with Crippen molar-refractivity contribution in [2.75, 3.05) is 13.2 Å². The van der Waals surface area contributed by atoms with E-state index >= 15 is 0 Å². The molecular weight excluding hydrogens is 523 g/mol. The standard InChI is InChI=1S/C27H47O9S.Na/c1-15(4-7-22(30)16(13-28)14-36-37(33,34)35)19-5-6-20-25-21(12-24(32)27(19,20)3)26(2)9-8-18(29)10-17(26)11-23(25)31;/h15-25,28,30-32H,4-14H2,1-3H3,(H,33,34,35);/q-1;+1/t15-,16+,17+,18-,19-,20?,21?,22-,23-,24+,25?,26+,27-;/m1./s1. The summed E-state index contributed by atoms with van der Waals surface area (Å²) < 4.78 is 34.9. The zero-order valence-electron chi connectivity index (χ0n) is 23.4. The number of aliphatic hydroxyl groups excluding tert-OH is 4. The molecule has 13 atom stereocenters. The van der Waals surface area contributed by atoms with Crippen molar-refractivity contribution in [2.24, 2.45) is 52.3 Å². The third-order valence-corrected chi connectivity index (χ3v) is 12.1. The van der Waals surface area contributed by atoms with Gasteiger partial charge in [-0.25, -0.2) is 4.18 Å². The number of hydrogen-bond acceptors (Lipinski definition) is 8. The summed E-state index contributed by atoms with van der Waals surface area (Å²) in [5.74, 6) is 0.290. The van der Waals surface area contributed by atoms with Crippen LogP contribution in [0.1, 0.15) is 78.6 Å². The van der Waals surface area contributed by atoms with E-state index < -0.39 is 53.9 Å². The summed E-state index contributed by atoms with van der Waals surface area (Å²) in [5, 5.41) is 55.4. The van der Waals surface area contributed by atoms with Gasteiger partial charge >= 0.3 is 40.0 Å². The molecule has 4 fully saturated rings. The number of aliphatic hydroxyl groups is 4. The maximum absolute atomic E-state index is 12.3. The van der Waals surface area contributed by atoms with Gasteiger partial charge < -0.3 is 25.5 Å². The molecule has 0 aliphatic heterocycles. The summed E-state index contributed by atoms with van der Waals surface area (Å²) in [6.45, 7) is 5.62. The zero-order valence-corrected chi connectivity index (χ0v) is 26.2. The van der Waals surface area contributed by atoms with Gasteiger partial charge in [-0.2, -0.15) is 8.42 Å². The van der Waals surface area contributed by atoms with Gasteiger partial charge in [0.1, 0.15) is 0 Å². The summed E-state index contributed by atoms with van der Waals surface area (Å²) in [6.07, 6.45) is 3.86. The number of fused-ring (bicyclic) bond motifs is 5. The first-order valence-electron chi connectivity index (χ1n) is 14.1. The Morgan fingerprint density at radius 1 is 1.05 bits per heavy atom. The van der Waals surface area contributed by atoms with Gasteiger partial charge in [-0.3, -0.25) is 4.55 Å². The van der Waals surface area contributed by atoms with Crippen LogP contribution in [0.2, 0.25) is 0 Å². The summed E-state index contributed by atoms with van der Waals surface area (Å²) in [4.78, 5) is 0. The summed E-state index contributed by atoms with van der Waals surface area (Å²) in [7, 11) is -4.65. The minimum Gasteiger partial charge on any atom is -0.852 e. The van der Waals surface area contributed by atoms with Crippen molar-refractivity contribution in [3.05, 3.63) is 0 Å². The molecule has 4 aliphatic rings. The average Bonchev–Trinajstić information content (AvgIpc) is 3.17. The van der Waals surface area contributed by atoms with Crippen molar-refractivity contribution in [2.45, 2.75) is 103 Å². The Balaban J connectivity index is 0.00000400. The molecule has 0 amide bonds. The van der Waals surface area contributed by atoms with E-state index in [1.165, 1.54) is 0 Å². The Morgan fingerprint density at radius 2 is 1.74 bits per heavy atom. The Hall–Kier alpha value is 0.670. The summed E-state index contributed by atoms with van der Waals surface area (Å²) in [6, 6.07) is 0. The van der Waals surface area contributed by atoms with E-state index in [0.29, 0.717) is 38.5 Å². The summed E-state index contributed by atoms with van der Waals surface area (Å²) in [5.41, 5.74) is -0.361. The molecule has 0 spiro atoms. The average molecular weight is 571 g/mol. The monoisotopic (exact) mass is 570 g/mol. The van der Waals surface area contributed by atoms with Crippen molar-refractivity contribution in [1.82, 2.24) is 0 Å². The molecule has 0 aromatic carbocycles. The van der Waals surface area contributed by atoms with Crippen LogP contribution in [-0.4, -0.2) is 71.0 Å². The fourth-order valence-corrected chi connectivity index (χ4v) is 9.79. The molecular formula is C27H47NaO9S. The third kappa shape index (κ3) is 6.21. The molecule has 38 heavy (non-hydrogen) atoms. The molecule has 216 valence electrons. The number of hydrogen-bond donors (Lipinski definition) is 5. The molecule has 4 aliphatic carbocycles. The molecule has 3 unspecified atom stereocenters. The second-order valence-electron chi connectivity index (χ2n) is 13.3.